The number of hydrogen-bond donors (Lipinski definition) is 1. The fourth-order valence-corrected chi connectivity index (χ4v) is 1.60. The Morgan fingerprint density at radius 1 is 1.29 bits per heavy atom. The number of aryl methyl sites for hydroxylation is 1. The molecule has 0 aliphatic rings. The van der Waals surface area contributed by atoms with Crippen molar-refractivity contribution in [3.8, 4) is 11.4 Å². The molecule has 0 saturated carbocycles. The van der Waals surface area contributed by atoms with Crippen molar-refractivity contribution >= 4 is 0 Å². The van der Waals surface area contributed by atoms with Gasteiger partial charge in [0.25, 0.3) is 0 Å². The van der Waals surface area contributed by atoms with Gasteiger partial charge in [-0.3, -0.25) is 4.98 Å². The number of hydrogen-bond acceptors (Lipinski definition) is 4. The van der Waals surface area contributed by atoms with Crippen molar-refractivity contribution in [2.45, 2.75) is 20.4 Å². The monoisotopic (exact) mass is 228 g/mol. The quantitative estimate of drug-likeness (QED) is 0.869. The predicted octanol–water partition coefficient (Wildman–Crippen LogP) is 1.96. The van der Waals surface area contributed by atoms with Gasteiger partial charge in [0.2, 0.25) is 0 Å². The lowest BCUT2D eigenvalue weighted by Crippen LogP contribution is -2.13. The Bertz CT molecular complexity index is 482. The molecule has 88 valence electrons. The molecule has 4 heteroatoms. The van der Waals surface area contributed by atoms with Gasteiger partial charge in [-0.25, -0.2) is 9.97 Å². The van der Waals surface area contributed by atoms with E-state index in [4.69, 9.17) is 0 Å². The van der Waals surface area contributed by atoms with Crippen molar-refractivity contribution < 1.29 is 0 Å². The van der Waals surface area contributed by atoms with E-state index in [-0.39, 0.29) is 0 Å². The molecule has 0 aliphatic carbocycles. The molecule has 0 amide bonds. The Morgan fingerprint density at radius 2 is 2.18 bits per heavy atom. The Hall–Kier alpha value is -1.81. The summed E-state index contributed by atoms with van der Waals surface area (Å²) < 4.78 is 0. The van der Waals surface area contributed by atoms with Gasteiger partial charge < -0.3 is 5.32 Å². The zero-order valence-electron chi connectivity index (χ0n) is 10.1. The highest BCUT2D eigenvalue weighted by Gasteiger charge is 2.04. The summed E-state index contributed by atoms with van der Waals surface area (Å²) in [5.41, 5.74) is 2.94. The SMILES string of the molecule is CCNCc1cc(C)nc(-c2cccnc2)n1. The van der Waals surface area contributed by atoms with Gasteiger partial charge in [-0.2, -0.15) is 0 Å². The van der Waals surface area contributed by atoms with Crippen molar-refractivity contribution in [2.75, 3.05) is 6.54 Å². The average Bonchev–Trinajstić information content (AvgIpc) is 2.37. The summed E-state index contributed by atoms with van der Waals surface area (Å²) in [5.74, 6) is 0.742. The van der Waals surface area contributed by atoms with E-state index in [1.165, 1.54) is 0 Å². The minimum absolute atomic E-state index is 0.742. The largest absolute Gasteiger partial charge is 0.311 e. The van der Waals surface area contributed by atoms with E-state index in [1.807, 2.05) is 25.1 Å². The summed E-state index contributed by atoms with van der Waals surface area (Å²) in [5, 5.41) is 3.26. The van der Waals surface area contributed by atoms with Crippen molar-refractivity contribution in [1.82, 2.24) is 20.3 Å². The van der Waals surface area contributed by atoms with E-state index in [1.54, 1.807) is 12.4 Å². The summed E-state index contributed by atoms with van der Waals surface area (Å²) in [4.78, 5) is 13.0. The summed E-state index contributed by atoms with van der Waals surface area (Å²) in [6.07, 6.45) is 3.53. The molecule has 0 atom stereocenters. The van der Waals surface area contributed by atoms with E-state index >= 15 is 0 Å². The molecule has 2 aromatic rings. The van der Waals surface area contributed by atoms with E-state index in [9.17, 15) is 0 Å². The maximum absolute atomic E-state index is 4.53. The summed E-state index contributed by atoms with van der Waals surface area (Å²) in [6, 6.07) is 5.87. The predicted molar refractivity (Wildman–Crippen MR) is 67.4 cm³/mol. The first-order valence-electron chi connectivity index (χ1n) is 5.75. The lowest BCUT2D eigenvalue weighted by molar-refractivity contribution is 0.708. The smallest absolute Gasteiger partial charge is 0.161 e. The maximum Gasteiger partial charge on any atom is 0.161 e. The van der Waals surface area contributed by atoms with Crippen molar-refractivity contribution in [3.63, 3.8) is 0 Å². The molecular formula is C13H16N4. The van der Waals surface area contributed by atoms with Crippen LogP contribution in [-0.4, -0.2) is 21.5 Å². The van der Waals surface area contributed by atoms with Crippen LogP contribution >= 0.6 is 0 Å². The second-order valence-corrected chi connectivity index (χ2v) is 3.85. The first-order chi connectivity index (χ1) is 8.29. The standard InChI is InChI=1S/C13H16N4/c1-3-14-9-12-7-10(2)16-13(17-12)11-5-4-6-15-8-11/h4-8,14H,3,9H2,1-2H3. The third-order valence-electron chi connectivity index (χ3n) is 2.38. The van der Waals surface area contributed by atoms with Crippen LogP contribution in [0, 0.1) is 6.92 Å². The molecule has 2 heterocycles. The highest BCUT2D eigenvalue weighted by atomic mass is 14.9. The van der Waals surface area contributed by atoms with E-state index < -0.39 is 0 Å². The van der Waals surface area contributed by atoms with Gasteiger partial charge >= 0.3 is 0 Å². The number of rotatable bonds is 4. The van der Waals surface area contributed by atoms with Crippen LogP contribution in [-0.2, 0) is 6.54 Å². The first kappa shape index (κ1) is 11.7. The maximum atomic E-state index is 4.53. The molecule has 0 saturated heterocycles. The van der Waals surface area contributed by atoms with Crippen molar-refractivity contribution in [3.05, 3.63) is 42.0 Å². The van der Waals surface area contributed by atoms with Gasteiger partial charge in [-0.1, -0.05) is 6.92 Å². The van der Waals surface area contributed by atoms with Gasteiger partial charge in [0, 0.05) is 30.2 Å². The van der Waals surface area contributed by atoms with Gasteiger partial charge in [0.15, 0.2) is 5.82 Å². The highest BCUT2D eigenvalue weighted by molar-refractivity contribution is 5.53. The van der Waals surface area contributed by atoms with E-state index in [2.05, 4.69) is 27.2 Å². The lowest BCUT2D eigenvalue weighted by Gasteiger charge is -2.06. The number of nitrogens with zero attached hydrogens (tertiary/aromatic N) is 3. The van der Waals surface area contributed by atoms with Crippen molar-refractivity contribution in [2.24, 2.45) is 0 Å². The molecule has 0 bridgehead atoms. The van der Waals surface area contributed by atoms with Crippen LogP contribution in [0.25, 0.3) is 11.4 Å². The molecule has 0 unspecified atom stereocenters. The Balaban J connectivity index is 2.32. The topological polar surface area (TPSA) is 50.7 Å². The van der Waals surface area contributed by atoms with Gasteiger partial charge in [-0.15, -0.1) is 0 Å². The Kier molecular flexibility index (Phi) is 3.77. The van der Waals surface area contributed by atoms with Crippen molar-refractivity contribution in [1.29, 1.82) is 0 Å². The molecular weight excluding hydrogens is 212 g/mol. The molecule has 1 N–H and O–H groups in total. The molecule has 0 radical (unpaired) electrons. The summed E-state index contributed by atoms with van der Waals surface area (Å²) in [7, 11) is 0. The molecule has 0 aromatic carbocycles. The van der Waals surface area contributed by atoms with Gasteiger partial charge in [-0.05, 0) is 31.7 Å². The molecule has 17 heavy (non-hydrogen) atoms. The van der Waals surface area contributed by atoms with E-state index in [0.29, 0.717) is 0 Å². The second-order valence-electron chi connectivity index (χ2n) is 3.85. The van der Waals surface area contributed by atoms with Crippen LogP contribution in [0.5, 0.6) is 0 Å². The summed E-state index contributed by atoms with van der Waals surface area (Å²) >= 11 is 0. The third kappa shape index (κ3) is 3.07. The van der Waals surface area contributed by atoms with Crippen LogP contribution in [0.15, 0.2) is 30.6 Å². The average molecular weight is 228 g/mol. The number of pyridine rings is 1. The minimum Gasteiger partial charge on any atom is -0.311 e. The third-order valence-corrected chi connectivity index (χ3v) is 2.38. The number of nitrogens with one attached hydrogen (secondary N) is 1. The zero-order valence-corrected chi connectivity index (χ0v) is 10.1. The summed E-state index contributed by atoms with van der Waals surface area (Å²) in [6.45, 7) is 5.77. The van der Waals surface area contributed by atoms with Gasteiger partial charge in [0.1, 0.15) is 0 Å². The van der Waals surface area contributed by atoms with Crippen LogP contribution < -0.4 is 5.32 Å². The fraction of sp³-hybridized carbons (Fsp3) is 0.308. The molecule has 0 spiro atoms. The van der Waals surface area contributed by atoms with Crippen LogP contribution in [0.2, 0.25) is 0 Å². The molecule has 0 aliphatic heterocycles. The zero-order chi connectivity index (χ0) is 12.1. The second kappa shape index (κ2) is 5.50. The molecule has 2 rings (SSSR count). The first-order valence-corrected chi connectivity index (χ1v) is 5.75. The molecule has 0 fully saturated rings. The normalized spacial score (nSPS) is 10.5. The Labute approximate surface area is 101 Å². The molecule has 4 nitrogen and oxygen atoms in total. The molecule has 2 aromatic heterocycles. The van der Waals surface area contributed by atoms with Crippen LogP contribution in [0.4, 0.5) is 0 Å². The minimum atomic E-state index is 0.742. The van der Waals surface area contributed by atoms with Crippen LogP contribution in [0.3, 0.4) is 0 Å². The lowest BCUT2D eigenvalue weighted by atomic mass is 10.2. The highest BCUT2D eigenvalue weighted by Crippen LogP contribution is 2.14. The number of aromatic nitrogens is 3. The van der Waals surface area contributed by atoms with E-state index in [0.717, 1.165) is 35.9 Å². The van der Waals surface area contributed by atoms with Gasteiger partial charge in [0.05, 0.1) is 5.69 Å². The fourth-order valence-electron chi connectivity index (χ4n) is 1.60. The Morgan fingerprint density at radius 3 is 2.88 bits per heavy atom. The van der Waals surface area contributed by atoms with Crippen LogP contribution in [0.1, 0.15) is 18.3 Å².